The molecule has 0 saturated heterocycles. The summed E-state index contributed by atoms with van der Waals surface area (Å²) in [6.07, 6.45) is 11.1. The molecule has 0 amide bonds. The molecule has 698 valence electrons. The third-order valence-corrected chi connectivity index (χ3v) is 24.7. The Balaban J connectivity index is 0.000000257. The van der Waals surface area contributed by atoms with Crippen LogP contribution in [0.15, 0.2) is 320 Å². The average Bonchev–Trinajstić information content (AvgIpc) is 1.79. The molecule has 9 heteroatoms. The van der Waals surface area contributed by atoms with E-state index in [-0.39, 0.29) is 12.7 Å². The van der Waals surface area contributed by atoms with Crippen LogP contribution in [-0.2, 0) is 18.2 Å². The highest BCUT2D eigenvalue weighted by molar-refractivity contribution is 7.51. The summed E-state index contributed by atoms with van der Waals surface area (Å²) in [7, 11) is 0. The van der Waals surface area contributed by atoms with Crippen molar-refractivity contribution < 1.29 is 18.3 Å². The zero-order chi connectivity index (χ0) is 96.3. The number of aryl methyl sites for hydroxylation is 2. The molecule has 1 fully saturated rings. The van der Waals surface area contributed by atoms with Gasteiger partial charge in [0.1, 0.15) is 5.75 Å². The monoisotopic (exact) mass is 1810 g/mol. The first kappa shape index (κ1) is 111. The van der Waals surface area contributed by atoms with Crippen LogP contribution in [0.2, 0.25) is 0 Å². The number of nitrogens with zero attached hydrogens (tertiary/aromatic N) is 1. The highest BCUT2D eigenvalue weighted by Crippen LogP contribution is 2.35. The Bertz CT molecular complexity index is 4960. The second-order valence-corrected chi connectivity index (χ2v) is 39.6. The van der Waals surface area contributed by atoms with E-state index in [1.165, 1.54) is 143 Å². The van der Waals surface area contributed by atoms with Crippen molar-refractivity contribution in [2.24, 2.45) is 0 Å². The molecule has 1 saturated carbocycles. The van der Waals surface area contributed by atoms with Crippen LogP contribution in [0.4, 0.5) is 0 Å². The van der Waals surface area contributed by atoms with Gasteiger partial charge in [0, 0.05) is 16.6 Å². The molecule has 1 aliphatic carbocycles. The zero-order valence-corrected chi connectivity index (χ0v) is 86.6. The highest BCUT2D eigenvalue weighted by Gasteiger charge is 2.16. The first-order valence-electron chi connectivity index (χ1n) is 47.8. The lowest BCUT2D eigenvalue weighted by Crippen LogP contribution is -2.05. The van der Waals surface area contributed by atoms with Gasteiger partial charge in [-0.1, -0.05) is 450 Å². The van der Waals surface area contributed by atoms with Gasteiger partial charge in [-0.05, 0) is 258 Å². The summed E-state index contributed by atoms with van der Waals surface area (Å²) in [5.41, 5.74) is 29.5. The number of hydrogen-bond acceptors (Lipinski definition) is 7. The Hall–Kier alpha value is -10.4. The predicted octanol–water partition coefficient (Wildman–Crippen LogP) is 37.0. The van der Waals surface area contributed by atoms with Crippen molar-refractivity contribution in [3.8, 4) is 49.6 Å². The number of aliphatic hydroxyl groups is 1. The lowest BCUT2D eigenvalue weighted by molar-refractivity contribution is 0.242. The molecule has 2 N–H and O–H groups in total. The maximum absolute atomic E-state index is 8.77. The predicted molar refractivity (Wildman–Crippen MR) is 575 cm³/mol. The van der Waals surface area contributed by atoms with Crippen LogP contribution in [0, 0.1) is 13.8 Å². The summed E-state index contributed by atoms with van der Waals surface area (Å²) in [5.74, 6) is 8.65. The van der Waals surface area contributed by atoms with Gasteiger partial charge in [0.15, 0.2) is 0 Å². The third kappa shape index (κ3) is 42.8. The van der Waals surface area contributed by atoms with Crippen LogP contribution in [0.1, 0.15) is 353 Å². The van der Waals surface area contributed by atoms with Crippen LogP contribution in [0.5, 0.6) is 5.75 Å². The summed E-state index contributed by atoms with van der Waals surface area (Å²) in [6, 6.07) is 104. The number of thiophene rings is 2. The van der Waals surface area contributed by atoms with Crippen molar-refractivity contribution >= 4 is 34.2 Å². The van der Waals surface area contributed by atoms with Crippen LogP contribution in [-0.4, -0.2) is 29.8 Å². The largest absolute Gasteiger partial charge is 0.491 e. The SMILES string of the molecule is CC(C)Oc1ccc(C(C)C)cc1.CC(C)c1ccc(-c2ccccc2)cc1.CC(C)c1ccc(-c2cccs2)cc1.CC(C)c1ccc(-c2ccsc2)cc1.CC(C)c1ccc(-c2cn[nH]c2)cc1.CC(C)c1ccc(C(C)C)cc1.CC(C)c1ccc(C2CCCCC2)cc1.CC(C)c1ccc(CO)cc1.Cc1ccc(C(C)C)cc1.Cc1ccc(C(C)C)cc1.O=S=O. The van der Waals surface area contributed by atoms with Crippen molar-refractivity contribution in [3.05, 3.63) is 403 Å². The van der Waals surface area contributed by atoms with E-state index in [0.29, 0.717) is 65.1 Å². The van der Waals surface area contributed by atoms with Gasteiger partial charge < -0.3 is 9.84 Å². The van der Waals surface area contributed by atoms with E-state index in [1.54, 1.807) is 28.2 Å². The Morgan fingerprint density at radius 3 is 0.924 bits per heavy atom. The van der Waals surface area contributed by atoms with E-state index in [2.05, 4.69) is 453 Å². The molecule has 6 nitrogen and oxygen atoms in total. The quantitative estimate of drug-likeness (QED) is 0.0842. The minimum absolute atomic E-state index is 0.137. The van der Waals surface area contributed by atoms with Gasteiger partial charge in [-0.15, -0.1) is 11.3 Å². The molecule has 0 aliphatic heterocycles. The second kappa shape index (κ2) is 61.4. The van der Waals surface area contributed by atoms with Crippen LogP contribution >= 0.6 is 22.7 Å². The fourth-order valence-corrected chi connectivity index (χ4v) is 15.5. The first-order chi connectivity index (χ1) is 62.6. The molecular formula is C122H158N2O4S3. The molecule has 1 aliphatic rings. The number of benzene rings is 11. The number of aromatic amines is 1. The maximum atomic E-state index is 8.77. The molecule has 11 aromatic carbocycles. The standard InChI is InChI=1S/C15H22.C15H16.2C13H14S.C12H14N2.C12H18O.C12H18.C10H14O.2C10H14.O2S/c2*1-12(2)13-8-10-15(11-9-13)14-6-4-3-5-7-14;1-10(2)11-3-5-12(6-4-11)13-7-8-14-9-13;1-10(2)11-5-7-12(8-6-11)13-4-3-9-14-13;1-9(2)10-3-5-11(6-4-10)12-7-13-14-8-12;1-9(2)11-5-7-12(8-6-11)13-10(3)4;1-9(2)11-5-7-12(8-6-11)10(3)4;1-8(2)10-5-3-9(7-11)4-6-10;2*1-8(2)10-6-4-9(3)5-7-10;1-3-2/h8-12,14H,3-7H2,1-2H3;3-12H,1-2H3;2*3-10H,1-2H3;3-9H,1-2H3,(H,13,14);5-10H,1-4H3;5-10H,1-4H3;3-6,8,11H,7H2,1-2H3;2*4-8H,1-3H3;. The fraction of sp³-hybridized carbons (Fsp3) is 0.369. The Morgan fingerprint density at radius 2 is 0.626 bits per heavy atom. The summed E-state index contributed by atoms with van der Waals surface area (Å²) >= 11 is 2.79. The van der Waals surface area contributed by atoms with Gasteiger partial charge >= 0.3 is 11.6 Å². The number of aromatic nitrogens is 2. The van der Waals surface area contributed by atoms with Crippen LogP contribution in [0.3, 0.4) is 0 Å². The molecule has 14 aromatic rings. The third-order valence-electron chi connectivity index (χ3n) is 23.1. The molecule has 3 heterocycles. The average molecular weight is 1810 g/mol. The zero-order valence-electron chi connectivity index (χ0n) is 84.2. The van der Waals surface area contributed by atoms with E-state index in [0.717, 1.165) is 22.8 Å². The van der Waals surface area contributed by atoms with E-state index < -0.39 is 11.6 Å². The van der Waals surface area contributed by atoms with Gasteiger partial charge in [-0.2, -0.15) is 24.9 Å². The molecular weight excluding hydrogens is 1650 g/mol. The maximum Gasteiger partial charge on any atom is 0.335 e. The molecule has 0 atom stereocenters. The van der Waals surface area contributed by atoms with Crippen molar-refractivity contribution in [1.29, 1.82) is 0 Å². The minimum atomic E-state index is -0.750. The van der Waals surface area contributed by atoms with E-state index in [1.807, 2.05) is 56.6 Å². The summed E-state index contributed by atoms with van der Waals surface area (Å²) < 4.78 is 22.1. The van der Waals surface area contributed by atoms with E-state index in [4.69, 9.17) is 18.3 Å². The summed E-state index contributed by atoms with van der Waals surface area (Å²) in [5, 5.41) is 21.9. The first-order valence-corrected chi connectivity index (χ1v) is 50.3. The van der Waals surface area contributed by atoms with Gasteiger partial charge in [0.2, 0.25) is 0 Å². The van der Waals surface area contributed by atoms with Gasteiger partial charge in [-0.3, -0.25) is 5.10 Å². The number of hydrogen-bond donors (Lipinski definition) is 2. The van der Waals surface area contributed by atoms with E-state index in [9.17, 15) is 0 Å². The molecule has 0 radical (unpaired) electrons. The Morgan fingerprint density at radius 1 is 0.328 bits per heavy atom. The molecule has 0 bridgehead atoms. The number of aliphatic hydroxyl groups excluding tert-OH is 1. The van der Waals surface area contributed by atoms with Crippen molar-refractivity contribution in [2.45, 2.75) is 296 Å². The highest BCUT2D eigenvalue weighted by atomic mass is 32.1. The van der Waals surface area contributed by atoms with Crippen LogP contribution in [0.25, 0.3) is 43.8 Å². The molecule has 131 heavy (non-hydrogen) atoms. The number of ether oxygens (including phenoxy) is 1. The van der Waals surface area contributed by atoms with Crippen molar-refractivity contribution in [3.63, 3.8) is 0 Å². The van der Waals surface area contributed by atoms with Crippen LogP contribution < -0.4 is 4.74 Å². The van der Waals surface area contributed by atoms with Gasteiger partial charge in [-0.25, -0.2) is 0 Å². The Kier molecular flexibility index (Phi) is 52.0. The lowest BCUT2D eigenvalue weighted by atomic mass is 9.83. The lowest BCUT2D eigenvalue weighted by Gasteiger charge is -2.22. The van der Waals surface area contributed by atoms with Crippen molar-refractivity contribution in [2.75, 3.05) is 0 Å². The van der Waals surface area contributed by atoms with E-state index >= 15 is 0 Å². The summed E-state index contributed by atoms with van der Waals surface area (Å²) in [6.45, 7) is 57.2. The normalized spacial score (nSPS) is 11.4. The molecule has 0 unspecified atom stereocenters. The summed E-state index contributed by atoms with van der Waals surface area (Å²) in [4.78, 5) is 1.35. The molecule has 3 aromatic heterocycles. The number of rotatable bonds is 19. The van der Waals surface area contributed by atoms with Gasteiger partial charge in [0.05, 0.1) is 18.9 Å². The molecule has 15 rings (SSSR count). The topological polar surface area (TPSA) is 92.3 Å². The Labute approximate surface area is 805 Å². The fourth-order valence-electron chi connectivity index (χ4n) is 14.1. The van der Waals surface area contributed by atoms with Crippen molar-refractivity contribution in [1.82, 2.24) is 10.2 Å². The number of nitrogens with one attached hydrogen (secondary N) is 1. The minimum Gasteiger partial charge on any atom is -0.491 e. The van der Waals surface area contributed by atoms with Gasteiger partial charge in [0.25, 0.3) is 0 Å². The molecule has 0 spiro atoms. The smallest absolute Gasteiger partial charge is 0.335 e. The second-order valence-electron chi connectivity index (χ2n) is 37.7. The number of H-pyrrole nitrogens is 1.